The fourth-order valence-electron chi connectivity index (χ4n) is 1.71. The van der Waals surface area contributed by atoms with Gasteiger partial charge < -0.3 is 4.74 Å². The molecule has 1 saturated heterocycles. The molecule has 1 aliphatic rings. The standard InChI is InChI=1S/C9H14BrNO5S/c1-16-9(13)11(5-8(12)4-10)7-2-3-17(14,15)6-7/h7H,2-6H2,1H3. The number of hydrogen-bond acceptors (Lipinski definition) is 5. The molecule has 1 fully saturated rings. The van der Waals surface area contributed by atoms with Crippen LogP contribution in [-0.2, 0) is 19.4 Å². The Labute approximate surface area is 108 Å². The van der Waals surface area contributed by atoms with E-state index in [4.69, 9.17) is 0 Å². The van der Waals surface area contributed by atoms with Gasteiger partial charge in [0.2, 0.25) is 0 Å². The lowest BCUT2D eigenvalue weighted by Crippen LogP contribution is -2.44. The second kappa shape index (κ2) is 5.81. The number of hydrogen-bond donors (Lipinski definition) is 0. The summed E-state index contributed by atoms with van der Waals surface area (Å²) in [4.78, 5) is 24.0. The predicted octanol–water partition coefficient (Wildman–Crippen LogP) is 0.206. The number of rotatable bonds is 4. The highest BCUT2D eigenvalue weighted by Crippen LogP contribution is 2.18. The monoisotopic (exact) mass is 327 g/mol. The molecule has 1 atom stereocenters. The molecule has 98 valence electrons. The minimum absolute atomic E-state index is 0.0493. The Morgan fingerprint density at radius 2 is 2.12 bits per heavy atom. The summed E-state index contributed by atoms with van der Waals surface area (Å²) in [6.07, 6.45) is -0.311. The van der Waals surface area contributed by atoms with Gasteiger partial charge in [0.1, 0.15) is 0 Å². The number of ether oxygens (including phenoxy) is 1. The van der Waals surface area contributed by atoms with Gasteiger partial charge in [-0.25, -0.2) is 13.2 Å². The van der Waals surface area contributed by atoms with Crippen molar-refractivity contribution >= 4 is 37.6 Å². The molecule has 0 aromatic heterocycles. The van der Waals surface area contributed by atoms with Crippen LogP contribution in [0.25, 0.3) is 0 Å². The van der Waals surface area contributed by atoms with Crippen molar-refractivity contribution in [2.24, 2.45) is 0 Å². The molecule has 0 N–H and O–H groups in total. The van der Waals surface area contributed by atoms with Crippen molar-refractivity contribution in [3.8, 4) is 0 Å². The van der Waals surface area contributed by atoms with Gasteiger partial charge in [-0.3, -0.25) is 9.69 Å². The Kier molecular flexibility index (Phi) is 4.93. The largest absolute Gasteiger partial charge is 0.453 e. The van der Waals surface area contributed by atoms with E-state index in [1.165, 1.54) is 12.0 Å². The average Bonchev–Trinajstić information content (AvgIpc) is 2.64. The number of halogens is 1. The third-order valence-electron chi connectivity index (χ3n) is 2.55. The van der Waals surface area contributed by atoms with Crippen LogP contribution in [-0.4, -0.2) is 61.7 Å². The molecular weight excluding hydrogens is 314 g/mol. The first-order valence-electron chi connectivity index (χ1n) is 5.02. The number of amides is 1. The fraction of sp³-hybridized carbons (Fsp3) is 0.778. The van der Waals surface area contributed by atoms with E-state index < -0.39 is 22.0 Å². The second-order valence-electron chi connectivity index (χ2n) is 3.83. The summed E-state index contributed by atoms with van der Waals surface area (Å²) in [5.74, 6) is -0.245. The molecule has 0 radical (unpaired) electrons. The van der Waals surface area contributed by atoms with Gasteiger partial charge in [-0.15, -0.1) is 0 Å². The molecule has 8 heteroatoms. The minimum Gasteiger partial charge on any atom is -0.453 e. The van der Waals surface area contributed by atoms with E-state index in [2.05, 4.69) is 20.7 Å². The number of sulfone groups is 1. The SMILES string of the molecule is COC(=O)N(CC(=O)CBr)C1CCS(=O)(=O)C1. The van der Waals surface area contributed by atoms with Crippen molar-refractivity contribution < 1.29 is 22.7 Å². The fourth-order valence-corrected chi connectivity index (χ4v) is 3.62. The molecule has 0 aromatic rings. The number of Topliss-reactive ketones (excluding diaryl/α,β-unsaturated/α-hetero) is 1. The summed E-state index contributed by atoms with van der Waals surface area (Å²) in [5, 5.41) is 0.125. The first-order chi connectivity index (χ1) is 7.89. The highest BCUT2D eigenvalue weighted by atomic mass is 79.9. The summed E-state index contributed by atoms with van der Waals surface area (Å²) in [6, 6.07) is -0.463. The number of ketones is 1. The van der Waals surface area contributed by atoms with E-state index in [0.29, 0.717) is 6.42 Å². The molecule has 0 aromatic carbocycles. The van der Waals surface area contributed by atoms with Crippen LogP contribution in [0.4, 0.5) is 4.79 Å². The average molecular weight is 328 g/mol. The zero-order valence-corrected chi connectivity index (χ0v) is 11.8. The normalized spacial score (nSPS) is 22.1. The topological polar surface area (TPSA) is 80.8 Å². The summed E-state index contributed by atoms with van der Waals surface area (Å²) >= 11 is 3.00. The Morgan fingerprint density at radius 3 is 2.53 bits per heavy atom. The molecule has 1 amide bonds. The molecule has 1 rings (SSSR count). The summed E-state index contributed by atoms with van der Waals surface area (Å²) in [7, 11) is -1.89. The van der Waals surface area contributed by atoms with Crippen molar-refractivity contribution in [2.45, 2.75) is 12.5 Å². The zero-order valence-electron chi connectivity index (χ0n) is 9.39. The van der Waals surface area contributed by atoms with Crippen LogP contribution in [0.15, 0.2) is 0 Å². The molecule has 0 spiro atoms. The van der Waals surface area contributed by atoms with Gasteiger partial charge in [0, 0.05) is 0 Å². The lowest BCUT2D eigenvalue weighted by molar-refractivity contribution is -0.117. The van der Waals surface area contributed by atoms with Gasteiger partial charge >= 0.3 is 6.09 Å². The lowest BCUT2D eigenvalue weighted by atomic mass is 10.2. The van der Waals surface area contributed by atoms with Crippen molar-refractivity contribution in [1.82, 2.24) is 4.90 Å². The molecule has 0 saturated carbocycles. The second-order valence-corrected chi connectivity index (χ2v) is 6.62. The van der Waals surface area contributed by atoms with E-state index in [0.717, 1.165) is 0 Å². The predicted molar refractivity (Wildman–Crippen MR) is 65.0 cm³/mol. The summed E-state index contributed by atoms with van der Waals surface area (Å²) in [5.41, 5.74) is 0. The number of carbonyl (C=O) groups is 2. The Hall–Kier alpha value is -0.630. The van der Waals surface area contributed by atoms with Crippen molar-refractivity contribution in [2.75, 3.05) is 30.5 Å². The van der Waals surface area contributed by atoms with Gasteiger partial charge in [0.25, 0.3) is 0 Å². The van der Waals surface area contributed by atoms with Gasteiger partial charge in [-0.1, -0.05) is 15.9 Å². The summed E-state index contributed by atoms with van der Waals surface area (Å²) < 4.78 is 27.2. The quantitative estimate of drug-likeness (QED) is 0.689. The van der Waals surface area contributed by atoms with E-state index in [-0.39, 0.29) is 29.2 Å². The first-order valence-corrected chi connectivity index (χ1v) is 7.96. The molecule has 1 unspecified atom stereocenters. The molecule has 0 bridgehead atoms. The van der Waals surface area contributed by atoms with Crippen LogP contribution < -0.4 is 0 Å². The lowest BCUT2D eigenvalue weighted by Gasteiger charge is -2.25. The zero-order chi connectivity index (χ0) is 13.1. The summed E-state index contributed by atoms with van der Waals surface area (Å²) in [6.45, 7) is -0.127. The van der Waals surface area contributed by atoms with Gasteiger partial charge in [0.15, 0.2) is 15.6 Å². The molecule has 6 nitrogen and oxygen atoms in total. The van der Waals surface area contributed by atoms with E-state index in [1.807, 2.05) is 0 Å². The van der Waals surface area contributed by atoms with Crippen LogP contribution in [0.2, 0.25) is 0 Å². The molecule has 0 aliphatic carbocycles. The molecule has 17 heavy (non-hydrogen) atoms. The number of carbonyl (C=O) groups excluding carboxylic acids is 2. The van der Waals surface area contributed by atoms with Gasteiger partial charge in [-0.2, -0.15) is 0 Å². The number of alkyl halides is 1. The minimum atomic E-state index is -3.10. The van der Waals surface area contributed by atoms with E-state index in [9.17, 15) is 18.0 Å². The Bertz CT molecular complexity index is 408. The third kappa shape index (κ3) is 3.95. The van der Waals surface area contributed by atoms with Crippen LogP contribution in [0.5, 0.6) is 0 Å². The maximum atomic E-state index is 11.5. The Morgan fingerprint density at radius 1 is 1.47 bits per heavy atom. The number of nitrogens with zero attached hydrogens (tertiary/aromatic N) is 1. The van der Waals surface area contributed by atoms with Crippen molar-refractivity contribution in [3.05, 3.63) is 0 Å². The van der Waals surface area contributed by atoms with Crippen molar-refractivity contribution in [3.63, 3.8) is 0 Å². The van der Waals surface area contributed by atoms with Crippen LogP contribution in [0.1, 0.15) is 6.42 Å². The van der Waals surface area contributed by atoms with Gasteiger partial charge in [-0.05, 0) is 6.42 Å². The third-order valence-corrected chi connectivity index (χ3v) is 4.93. The molecule has 1 heterocycles. The van der Waals surface area contributed by atoms with Gasteiger partial charge in [0.05, 0.1) is 36.5 Å². The molecule has 1 aliphatic heterocycles. The first kappa shape index (κ1) is 14.4. The molecular formula is C9H14BrNO5S. The van der Waals surface area contributed by atoms with E-state index in [1.54, 1.807) is 0 Å². The maximum Gasteiger partial charge on any atom is 0.410 e. The highest BCUT2D eigenvalue weighted by Gasteiger charge is 2.35. The van der Waals surface area contributed by atoms with Crippen LogP contribution in [0, 0.1) is 0 Å². The highest BCUT2D eigenvalue weighted by molar-refractivity contribution is 9.09. The van der Waals surface area contributed by atoms with Crippen LogP contribution >= 0.6 is 15.9 Å². The van der Waals surface area contributed by atoms with E-state index >= 15 is 0 Å². The van der Waals surface area contributed by atoms with Crippen molar-refractivity contribution in [1.29, 1.82) is 0 Å². The number of methoxy groups -OCH3 is 1. The maximum absolute atomic E-state index is 11.5. The smallest absolute Gasteiger partial charge is 0.410 e. The van der Waals surface area contributed by atoms with Crippen LogP contribution in [0.3, 0.4) is 0 Å². The Balaban J connectivity index is 2.77.